The van der Waals surface area contributed by atoms with Gasteiger partial charge in [-0.1, -0.05) is 0 Å². The van der Waals surface area contributed by atoms with Gasteiger partial charge in [0.2, 0.25) is 0 Å². The second-order valence-corrected chi connectivity index (χ2v) is 12.9. The van der Waals surface area contributed by atoms with E-state index in [2.05, 4.69) is 16.7 Å². The number of aromatic carboxylic acids is 1. The molecule has 250 valence electrons. The lowest BCUT2D eigenvalue weighted by molar-refractivity contribution is 0.0261. The van der Waals surface area contributed by atoms with Crippen LogP contribution in [0.2, 0.25) is 0 Å². The standard InChI is InChI=1S/C36H43N3O8/c1-8-38(35(44)47-36(2,3)4)15-14-24-16-23-17-27-21(18-28(23)37(24)5)10-9-11-26-31(27)39(33(41)30(32(26)40)34(42)43)20-22-12-13-25(45-6)19-29(22)46-7/h12-13,16-19,40H,8-11,14-15,20H2,1-7H3,(H,42,43). The third-order valence-electron chi connectivity index (χ3n) is 8.74. The molecule has 2 N–H and O–H groups in total. The van der Waals surface area contributed by atoms with Crippen LogP contribution in [0.15, 0.2) is 41.2 Å². The van der Waals surface area contributed by atoms with Crippen LogP contribution >= 0.6 is 0 Å². The molecule has 4 aromatic rings. The molecule has 1 amide bonds. The zero-order valence-corrected chi connectivity index (χ0v) is 28.1. The molecule has 2 aromatic carbocycles. The molecule has 0 aliphatic heterocycles. The highest BCUT2D eigenvalue weighted by Crippen LogP contribution is 2.40. The van der Waals surface area contributed by atoms with E-state index < -0.39 is 28.4 Å². The molecule has 0 unspecified atom stereocenters. The van der Waals surface area contributed by atoms with Crippen LogP contribution in [-0.4, -0.2) is 69.2 Å². The van der Waals surface area contributed by atoms with E-state index in [0.29, 0.717) is 67.1 Å². The number of pyridine rings is 1. The summed E-state index contributed by atoms with van der Waals surface area (Å²) in [5.41, 5.74) is 3.33. The summed E-state index contributed by atoms with van der Waals surface area (Å²) in [6.45, 7) is 8.48. The van der Waals surface area contributed by atoms with E-state index in [9.17, 15) is 24.6 Å². The number of hydrogen-bond donors (Lipinski definition) is 2. The lowest BCUT2D eigenvalue weighted by Gasteiger charge is -2.26. The minimum atomic E-state index is -1.48. The first-order valence-electron chi connectivity index (χ1n) is 15.8. The van der Waals surface area contributed by atoms with Crippen molar-refractivity contribution in [3.63, 3.8) is 0 Å². The van der Waals surface area contributed by atoms with Gasteiger partial charge < -0.3 is 38.5 Å². The zero-order chi connectivity index (χ0) is 34.2. The number of nitrogens with zero attached hydrogens (tertiary/aromatic N) is 3. The van der Waals surface area contributed by atoms with Crippen LogP contribution in [0.4, 0.5) is 4.79 Å². The van der Waals surface area contributed by atoms with Gasteiger partial charge in [0.15, 0.2) is 5.56 Å². The number of methoxy groups -OCH3 is 2. The van der Waals surface area contributed by atoms with Crippen molar-refractivity contribution in [1.82, 2.24) is 14.0 Å². The highest BCUT2D eigenvalue weighted by atomic mass is 16.6. The van der Waals surface area contributed by atoms with Crippen LogP contribution in [0.3, 0.4) is 0 Å². The number of rotatable bonds is 9. The number of ether oxygens (including phenoxy) is 3. The van der Waals surface area contributed by atoms with E-state index in [1.165, 1.54) is 11.7 Å². The van der Waals surface area contributed by atoms with Gasteiger partial charge in [0.1, 0.15) is 22.8 Å². The van der Waals surface area contributed by atoms with Gasteiger partial charge in [0.05, 0.1) is 26.5 Å². The fourth-order valence-corrected chi connectivity index (χ4v) is 6.37. The van der Waals surface area contributed by atoms with E-state index in [1.807, 2.05) is 40.8 Å². The van der Waals surface area contributed by atoms with Crippen molar-refractivity contribution in [1.29, 1.82) is 0 Å². The van der Waals surface area contributed by atoms with Gasteiger partial charge in [-0.15, -0.1) is 0 Å². The quantitative estimate of drug-likeness (QED) is 0.235. The average Bonchev–Trinajstić information content (AvgIpc) is 3.19. The van der Waals surface area contributed by atoms with Crippen LogP contribution in [0.25, 0.3) is 22.2 Å². The molecule has 0 bridgehead atoms. The number of aromatic nitrogens is 2. The monoisotopic (exact) mass is 645 g/mol. The minimum absolute atomic E-state index is 0.0178. The molecule has 0 fully saturated rings. The lowest BCUT2D eigenvalue weighted by Crippen LogP contribution is -2.38. The van der Waals surface area contributed by atoms with Crippen molar-refractivity contribution in [2.75, 3.05) is 27.3 Å². The summed E-state index contributed by atoms with van der Waals surface area (Å²) in [6, 6.07) is 11.5. The molecule has 1 aliphatic carbocycles. The van der Waals surface area contributed by atoms with Gasteiger partial charge in [-0.2, -0.15) is 0 Å². The van der Waals surface area contributed by atoms with E-state index >= 15 is 0 Å². The number of benzene rings is 2. The maximum atomic E-state index is 13.9. The Hall–Kier alpha value is -4.93. The van der Waals surface area contributed by atoms with Gasteiger partial charge in [-0.05, 0) is 82.9 Å². The molecule has 2 heterocycles. The third kappa shape index (κ3) is 6.52. The lowest BCUT2D eigenvalue weighted by atomic mass is 9.97. The minimum Gasteiger partial charge on any atom is -0.506 e. The van der Waals surface area contributed by atoms with Crippen LogP contribution in [0, 0.1) is 0 Å². The number of aryl methyl sites for hydroxylation is 2. The highest BCUT2D eigenvalue weighted by molar-refractivity contribution is 5.94. The first-order chi connectivity index (χ1) is 22.3. The first kappa shape index (κ1) is 33.4. The van der Waals surface area contributed by atoms with E-state index in [1.54, 1.807) is 30.2 Å². The van der Waals surface area contributed by atoms with Gasteiger partial charge in [-0.3, -0.25) is 4.79 Å². The van der Waals surface area contributed by atoms with Crippen molar-refractivity contribution in [3.8, 4) is 28.5 Å². The SMILES string of the molecule is CCN(CCc1cc2cc3c(cc2n1C)CCCc1c(O)c(C(=O)O)c(=O)n(Cc2ccc(OC)cc2OC)c1-3)C(=O)OC(C)(C)C. The molecule has 11 heteroatoms. The zero-order valence-electron chi connectivity index (χ0n) is 28.1. The fraction of sp³-hybridized carbons (Fsp3) is 0.417. The number of hydrogen-bond acceptors (Lipinski definition) is 7. The second kappa shape index (κ2) is 13.1. The Bertz CT molecular complexity index is 1910. The molecule has 0 atom stereocenters. The van der Waals surface area contributed by atoms with Gasteiger partial charge >= 0.3 is 12.1 Å². The maximum Gasteiger partial charge on any atom is 0.410 e. The molecule has 0 saturated carbocycles. The van der Waals surface area contributed by atoms with Crippen LogP contribution in [-0.2, 0) is 37.6 Å². The molecule has 0 saturated heterocycles. The van der Waals surface area contributed by atoms with Crippen molar-refractivity contribution >= 4 is 23.0 Å². The van der Waals surface area contributed by atoms with Crippen molar-refractivity contribution < 1.29 is 34.0 Å². The summed E-state index contributed by atoms with van der Waals surface area (Å²) < 4.78 is 20.1. The summed E-state index contributed by atoms with van der Waals surface area (Å²) in [4.78, 5) is 40.6. The molecule has 5 rings (SSSR count). The predicted molar refractivity (Wildman–Crippen MR) is 179 cm³/mol. The summed E-state index contributed by atoms with van der Waals surface area (Å²) in [7, 11) is 5.06. The molecule has 2 aromatic heterocycles. The summed E-state index contributed by atoms with van der Waals surface area (Å²) >= 11 is 0. The first-order valence-corrected chi connectivity index (χ1v) is 15.8. The molecule has 1 aliphatic rings. The Kier molecular flexibility index (Phi) is 9.29. The van der Waals surface area contributed by atoms with E-state index in [4.69, 9.17) is 14.2 Å². The van der Waals surface area contributed by atoms with Crippen molar-refractivity contribution in [2.24, 2.45) is 7.05 Å². The Morgan fingerprint density at radius 3 is 2.43 bits per heavy atom. The number of amides is 1. The molecule has 0 spiro atoms. The van der Waals surface area contributed by atoms with Crippen LogP contribution in [0.5, 0.6) is 17.2 Å². The average molecular weight is 646 g/mol. The van der Waals surface area contributed by atoms with E-state index in [0.717, 1.165) is 27.7 Å². The van der Waals surface area contributed by atoms with Crippen LogP contribution in [0.1, 0.15) is 66.9 Å². The number of carbonyl (C=O) groups excluding carboxylic acids is 1. The number of carboxylic acids is 1. The number of fused-ring (bicyclic) bond motifs is 4. The van der Waals surface area contributed by atoms with Crippen LogP contribution < -0.4 is 15.0 Å². The number of likely N-dealkylation sites (N-methyl/N-ethyl adjacent to an activating group) is 1. The summed E-state index contributed by atoms with van der Waals surface area (Å²) in [6.07, 6.45) is 1.97. The Labute approximate surface area is 273 Å². The summed E-state index contributed by atoms with van der Waals surface area (Å²) in [5.74, 6) is -0.904. The van der Waals surface area contributed by atoms with Gasteiger partial charge in [0.25, 0.3) is 5.56 Å². The maximum absolute atomic E-state index is 13.9. The van der Waals surface area contributed by atoms with Crippen molar-refractivity contribution in [3.05, 3.63) is 74.7 Å². The third-order valence-corrected chi connectivity index (χ3v) is 8.74. The molecular formula is C36H43N3O8. The van der Waals surface area contributed by atoms with Crippen molar-refractivity contribution in [2.45, 2.75) is 65.5 Å². The molecule has 0 radical (unpaired) electrons. The van der Waals surface area contributed by atoms with Gasteiger partial charge in [0, 0.05) is 65.9 Å². The Morgan fingerprint density at radius 1 is 1.04 bits per heavy atom. The molecular weight excluding hydrogens is 602 g/mol. The summed E-state index contributed by atoms with van der Waals surface area (Å²) in [5, 5.41) is 22.2. The van der Waals surface area contributed by atoms with Gasteiger partial charge in [-0.25, -0.2) is 9.59 Å². The second-order valence-electron chi connectivity index (χ2n) is 12.9. The Morgan fingerprint density at radius 2 is 1.79 bits per heavy atom. The number of carboxylic acid groups (broad SMARTS) is 1. The number of aromatic hydroxyl groups is 1. The fourth-order valence-electron chi connectivity index (χ4n) is 6.37. The number of carbonyl (C=O) groups is 2. The largest absolute Gasteiger partial charge is 0.506 e. The topological polar surface area (TPSA) is 132 Å². The smallest absolute Gasteiger partial charge is 0.410 e. The predicted octanol–water partition coefficient (Wildman–Crippen LogP) is 5.76. The van der Waals surface area contributed by atoms with E-state index in [-0.39, 0.29) is 12.6 Å². The molecule has 11 nitrogen and oxygen atoms in total. The Balaban J connectivity index is 1.63. The normalized spacial score (nSPS) is 12.7. The highest BCUT2D eigenvalue weighted by Gasteiger charge is 2.30. The molecule has 47 heavy (non-hydrogen) atoms.